The van der Waals surface area contributed by atoms with E-state index in [1.54, 1.807) is 17.6 Å². The maximum Gasteiger partial charge on any atom is 0.405 e. The van der Waals surface area contributed by atoms with E-state index in [0.717, 1.165) is 30.4 Å². The number of nitrogens with zero attached hydrogens (tertiary/aromatic N) is 3. The second-order valence-electron chi connectivity index (χ2n) is 5.92. The van der Waals surface area contributed by atoms with Crippen LogP contribution in [0.1, 0.15) is 30.3 Å². The lowest BCUT2D eigenvalue weighted by molar-refractivity contribution is -0.124. The average molecular weight is 403 g/mol. The number of carbonyl (C=O) groups is 2. The van der Waals surface area contributed by atoms with Gasteiger partial charge in [-0.05, 0) is 25.0 Å². The first kappa shape index (κ1) is 19.3. The average Bonchev–Trinajstić information content (AvgIpc) is 3.15. The van der Waals surface area contributed by atoms with Crippen LogP contribution in [0.2, 0.25) is 0 Å². The molecule has 0 radical (unpaired) electrons. The van der Waals surface area contributed by atoms with Gasteiger partial charge in [0.2, 0.25) is 5.91 Å². The molecule has 0 aliphatic heterocycles. The lowest BCUT2D eigenvalue weighted by atomic mass is 10.3. The van der Waals surface area contributed by atoms with Crippen LogP contribution < -0.4 is 10.6 Å². The standard InChI is InChI=1S/C15H16F3N5O3S/c16-15(17,18)8-19-13(25)20-11(24)7-27-14-22-21-12(9-3-4-9)23(14)6-10-2-1-5-26-10/h1-2,5,9H,3-4,6-8H2,(H2,19,20,24,25). The van der Waals surface area contributed by atoms with Crippen molar-refractivity contribution in [3.63, 3.8) is 0 Å². The van der Waals surface area contributed by atoms with Crippen molar-refractivity contribution in [2.45, 2.75) is 36.6 Å². The van der Waals surface area contributed by atoms with Crippen LogP contribution in [0.15, 0.2) is 28.0 Å². The van der Waals surface area contributed by atoms with Crippen molar-refractivity contribution in [3.8, 4) is 0 Å². The first-order valence-corrected chi connectivity index (χ1v) is 9.03. The lowest BCUT2D eigenvalue weighted by Crippen LogP contribution is -2.43. The number of hydrogen-bond donors (Lipinski definition) is 2. The van der Waals surface area contributed by atoms with E-state index in [0.29, 0.717) is 23.4 Å². The number of urea groups is 1. The van der Waals surface area contributed by atoms with E-state index in [-0.39, 0.29) is 5.75 Å². The van der Waals surface area contributed by atoms with E-state index in [9.17, 15) is 22.8 Å². The van der Waals surface area contributed by atoms with Crippen LogP contribution in [-0.4, -0.2) is 45.2 Å². The summed E-state index contributed by atoms with van der Waals surface area (Å²) in [7, 11) is 0. The molecule has 2 N–H and O–H groups in total. The van der Waals surface area contributed by atoms with E-state index < -0.39 is 24.7 Å². The van der Waals surface area contributed by atoms with Gasteiger partial charge in [0, 0.05) is 5.92 Å². The Labute approximate surface area is 155 Å². The van der Waals surface area contributed by atoms with Gasteiger partial charge in [0.25, 0.3) is 0 Å². The molecule has 2 aromatic rings. The number of alkyl halides is 3. The molecule has 146 valence electrons. The molecule has 12 heteroatoms. The number of furan rings is 1. The number of nitrogens with one attached hydrogen (secondary N) is 2. The van der Waals surface area contributed by atoms with E-state index in [4.69, 9.17) is 4.42 Å². The molecule has 2 aromatic heterocycles. The van der Waals surface area contributed by atoms with Gasteiger partial charge in [0.15, 0.2) is 5.16 Å². The highest BCUT2D eigenvalue weighted by Gasteiger charge is 2.31. The number of carbonyl (C=O) groups excluding carboxylic acids is 2. The second-order valence-corrected chi connectivity index (χ2v) is 6.86. The summed E-state index contributed by atoms with van der Waals surface area (Å²) in [5.74, 6) is 0.899. The van der Waals surface area contributed by atoms with Gasteiger partial charge in [-0.2, -0.15) is 13.2 Å². The summed E-state index contributed by atoms with van der Waals surface area (Å²) in [6.07, 6.45) is -0.964. The van der Waals surface area contributed by atoms with Crippen LogP contribution in [-0.2, 0) is 11.3 Å². The van der Waals surface area contributed by atoms with Gasteiger partial charge in [-0.3, -0.25) is 14.7 Å². The molecule has 0 aromatic carbocycles. The third kappa shape index (κ3) is 5.74. The lowest BCUT2D eigenvalue weighted by Gasteiger charge is -2.09. The molecule has 1 aliphatic carbocycles. The van der Waals surface area contributed by atoms with Crippen LogP contribution in [0.3, 0.4) is 0 Å². The van der Waals surface area contributed by atoms with Crippen molar-refractivity contribution in [1.29, 1.82) is 0 Å². The Morgan fingerprint density at radius 3 is 2.74 bits per heavy atom. The molecule has 0 spiro atoms. The fourth-order valence-electron chi connectivity index (χ4n) is 2.27. The predicted octanol–water partition coefficient (Wildman–Crippen LogP) is 2.28. The fraction of sp³-hybridized carbons (Fsp3) is 0.467. The third-order valence-corrected chi connectivity index (χ3v) is 4.58. The van der Waals surface area contributed by atoms with E-state index in [1.165, 1.54) is 0 Å². The van der Waals surface area contributed by atoms with Crippen LogP contribution in [0, 0.1) is 0 Å². The number of thioether (sulfide) groups is 1. The van der Waals surface area contributed by atoms with Crippen LogP contribution in [0.5, 0.6) is 0 Å². The molecule has 3 rings (SSSR count). The number of imide groups is 1. The van der Waals surface area contributed by atoms with Crippen LogP contribution >= 0.6 is 11.8 Å². The maximum atomic E-state index is 12.0. The van der Waals surface area contributed by atoms with Gasteiger partial charge >= 0.3 is 12.2 Å². The highest BCUT2D eigenvalue weighted by molar-refractivity contribution is 7.99. The Kier molecular flexibility index (Phi) is 5.73. The fourth-order valence-corrected chi connectivity index (χ4v) is 3.02. The largest absolute Gasteiger partial charge is 0.467 e. The molecule has 27 heavy (non-hydrogen) atoms. The highest BCUT2D eigenvalue weighted by Crippen LogP contribution is 2.40. The number of amides is 3. The Hall–Kier alpha value is -2.50. The quantitative estimate of drug-likeness (QED) is 0.688. The Balaban J connectivity index is 1.56. The van der Waals surface area contributed by atoms with E-state index >= 15 is 0 Å². The zero-order chi connectivity index (χ0) is 19.4. The molecular weight excluding hydrogens is 387 g/mol. The minimum absolute atomic E-state index is 0.194. The predicted molar refractivity (Wildman–Crippen MR) is 88.1 cm³/mol. The van der Waals surface area contributed by atoms with Crippen molar-refractivity contribution >= 4 is 23.7 Å². The molecule has 0 saturated heterocycles. The van der Waals surface area contributed by atoms with Crippen molar-refractivity contribution in [2.75, 3.05) is 12.3 Å². The van der Waals surface area contributed by atoms with Crippen molar-refractivity contribution < 1.29 is 27.2 Å². The van der Waals surface area contributed by atoms with E-state index in [2.05, 4.69) is 10.2 Å². The molecule has 8 nitrogen and oxygen atoms in total. The highest BCUT2D eigenvalue weighted by atomic mass is 32.2. The third-order valence-electron chi connectivity index (χ3n) is 3.62. The van der Waals surface area contributed by atoms with Crippen molar-refractivity contribution in [1.82, 2.24) is 25.4 Å². The molecule has 0 unspecified atom stereocenters. The topological polar surface area (TPSA) is 102 Å². The van der Waals surface area contributed by atoms with Gasteiger partial charge in [-0.15, -0.1) is 10.2 Å². The molecule has 3 amide bonds. The van der Waals surface area contributed by atoms with Gasteiger partial charge in [-0.25, -0.2) is 4.79 Å². The van der Waals surface area contributed by atoms with Crippen molar-refractivity contribution in [2.24, 2.45) is 0 Å². The normalized spacial score (nSPS) is 14.2. The maximum absolute atomic E-state index is 12.0. The van der Waals surface area contributed by atoms with Gasteiger partial charge in [0.1, 0.15) is 18.1 Å². The number of rotatable bonds is 7. The van der Waals surface area contributed by atoms with Crippen LogP contribution in [0.25, 0.3) is 0 Å². The summed E-state index contributed by atoms with van der Waals surface area (Å²) < 4.78 is 43.3. The molecule has 1 aliphatic rings. The number of hydrogen-bond acceptors (Lipinski definition) is 6. The van der Waals surface area contributed by atoms with Gasteiger partial charge in [-0.1, -0.05) is 11.8 Å². The zero-order valence-corrected chi connectivity index (χ0v) is 14.8. The zero-order valence-electron chi connectivity index (χ0n) is 14.0. The summed E-state index contributed by atoms with van der Waals surface area (Å²) in [6.45, 7) is -1.11. The van der Waals surface area contributed by atoms with Gasteiger partial charge in [0.05, 0.1) is 18.6 Å². The summed E-state index contributed by atoms with van der Waals surface area (Å²) in [5, 5.41) is 12.1. The molecule has 2 heterocycles. The minimum Gasteiger partial charge on any atom is -0.467 e. The molecule has 1 fully saturated rings. The SMILES string of the molecule is O=C(CSc1nnc(C2CC2)n1Cc1ccco1)NC(=O)NCC(F)(F)F. The molecule has 0 atom stereocenters. The van der Waals surface area contributed by atoms with E-state index in [1.807, 2.05) is 16.0 Å². The Morgan fingerprint density at radius 2 is 2.11 bits per heavy atom. The smallest absolute Gasteiger partial charge is 0.405 e. The number of aromatic nitrogens is 3. The Bertz CT molecular complexity index is 802. The summed E-state index contributed by atoms with van der Waals surface area (Å²) in [4.78, 5) is 23.1. The summed E-state index contributed by atoms with van der Waals surface area (Å²) in [6, 6.07) is 2.37. The van der Waals surface area contributed by atoms with Gasteiger partial charge < -0.3 is 9.73 Å². The monoisotopic (exact) mass is 403 g/mol. The first-order chi connectivity index (χ1) is 12.8. The number of halogens is 3. The van der Waals surface area contributed by atoms with Crippen molar-refractivity contribution in [3.05, 3.63) is 30.0 Å². The van der Waals surface area contributed by atoms with Crippen LogP contribution in [0.4, 0.5) is 18.0 Å². The summed E-state index contributed by atoms with van der Waals surface area (Å²) >= 11 is 1.04. The second kappa shape index (κ2) is 8.03. The molecular formula is C15H16F3N5O3S. The first-order valence-electron chi connectivity index (χ1n) is 8.04. The Morgan fingerprint density at radius 1 is 1.33 bits per heavy atom. The minimum atomic E-state index is -4.55. The molecule has 1 saturated carbocycles. The summed E-state index contributed by atoms with van der Waals surface area (Å²) in [5.41, 5.74) is 0. The molecule has 0 bridgehead atoms.